The molecule has 1 saturated carbocycles. The van der Waals surface area contributed by atoms with Crippen molar-refractivity contribution in [2.75, 3.05) is 19.8 Å². The van der Waals surface area contributed by atoms with E-state index in [0.29, 0.717) is 19.3 Å². The second-order valence-electron chi connectivity index (χ2n) is 4.35. The summed E-state index contributed by atoms with van der Waals surface area (Å²) in [6.07, 6.45) is 5.48. The molecule has 0 spiro atoms. The van der Waals surface area contributed by atoms with Gasteiger partial charge in [-0.25, -0.2) is 0 Å². The van der Waals surface area contributed by atoms with Crippen LogP contribution in [0.3, 0.4) is 0 Å². The Hall–Kier alpha value is -0.120. The summed E-state index contributed by atoms with van der Waals surface area (Å²) in [5.41, 5.74) is -0.492. The Morgan fingerprint density at radius 3 is 2.54 bits per heavy atom. The lowest BCUT2D eigenvalue weighted by molar-refractivity contribution is -0.0637. The smallest absolute Gasteiger partial charge is 0.0815 e. The van der Waals surface area contributed by atoms with Crippen molar-refractivity contribution in [2.24, 2.45) is 0 Å². The zero-order valence-electron chi connectivity index (χ0n) is 8.09. The Balaban J connectivity index is 1.71. The topological polar surface area (TPSA) is 41.5 Å². The van der Waals surface area contributed by atoms with Crippen molar-refractivity contribution in [1.29, 1.82) is 0 Å². The van der Waals surface area contributed by atoms with Gasteiger partial charge in [0, 0.05) is 38.6 Å². The average Bonchev–Trinajstić information content (AvgIpc) is 2.02. The normalized spacial score (nSPS) is 28.4. The maximum atomic E-state index is 10.1. The van der Waals surface area contributed by atoms with E-state index >= 15 is 0 Å². The molecule has 76 valence electrons. The molecule has 0 unspecified atom stereocenters. The van der Waals surface area contributed by atoms with Gasteiger partial charge in [0.15, 0.2) is 0 Å². The van der Waals surface area contributed by atoms with Gasteiger partial charge in [-0.3, -0.25) is 0 Å². The van der Waals surface area contributed by atoms with Crippen LogP contribution in [0.1, 0.15) is 32.1 Å². The van der Waals surface area contributed by atoms with Crippen molar-refractivity contribution in [2.45, 2.75) is 43.7 Å². The van der Waals surface area contributed by atoms with Crippen LogP contribution >= 0.6 is 0 Å². The van der Waals surface area contributed by atoms with Crippen LogP contribution in [0, 0.1) is 0 Å². The molecule has 1 aliphatic heterocycles. The van der Waals surface area contributed by atoms with Crippen LogP contribution in [0.15, 0.2) is 0 Å². The van der Waals surface area contributed by atoms with E-state index in [9.17, 15) is 5.11 Å². The van der Waals surface area contributed by atoms with Crippen molar-refractivity contribution >= 4 is 0 Å². The Labute approximate surface area is 79.5 Å². The molecule has 1 heterocycles. The summed E-state index contributed by atoms with van der Waals surface area (Å²) in [6, 6.07) is 0.673. The molecule has 0 aromatic heterocycles. The highest BCUT2D eigenvalue weighted by molar-refractivity contribution is 4.86. The molecule has 2 N–H and O–H groups in total. The minimum Gasteiger partial charge on any atom is -0.388 e. The Kier molecular flexibility index (Phi) is 2.86. The van der Waals surface area contributed by atoms with Crippen LogP contribution in [0.5, 0.6) is 0 Å². The van der Waals surface area contributed by atoms with Gasteiger partial charge in [-0.15, -0.1) is 0 Å². The molecule has 3 nitrogen and oxygen atoms in total. The van der Waals surface area contributed by atoms with E-state index in [4.69, 9.17) is 4.74 Å². The third kappa shape index (κ3) is 2.42. The summed E-state index contributed by atoms with van der Waals surface area (Å²) in [5, 5.41) is 13.5. The quantitative estimate of drug-likeness (QED) is 0.679. The van der Waals surface area contributed by atoms with E-state index in [-0.39, 0.29) is 0 Å². The van der Waals surface area contributed by atoms with Crippen LogP contribution in [0.4, 0.5) is 0 Å². The number of hydrogen-bond donors (Lipinski definition) is 2. The third-order valence-electron chi connectivity index (χ3n) is 3.25. The fraction of sp³-hybridized carbons (Fsp3) is 1.00. The first kappa shape index (κ1) is 9.44. The van der Waals surface area contributed by atoms with Crippen LogP contribution in [-0.4, -0.2) is 36.5 Å². The van der Waals surface area contributed by atoms with Crippen molar-refractivity contribution in [3.63, 3.8) is 0 Å². The van der Waals surface area contributed by atoms with Gasteiger partial charge in [-0.2, -0.15) is 0 Å². The molecular formula is C10H19NO2. The Bertz CT molecular complexity index is 162. The van der Waals surface area contributed by atoms with Gasteiger partial charge in [0.25, 0.3) is 0 Å². The highest BCUT2D eigenvalue weighted by Gasteiger charge is 2.30. The van der Waals surface area contributed by atoms with Crippen molar-refractivity contribution in [1.82, 2.24) is 5.32 Å². The Morgan fingerprint density at radius 1 is 1.31 bits per heavy atom. The lowest BCUT2D eigenvalue weighted by atomic mass is 9.90. The number of aliphatic hydroxyl groups is 1. The second-order valence-corrected chi connectivity index (χ2v) is 4.35. The number of ether oxygens (including phenoxy) is 1. The molecule has 0 radical (unpaired) electrons. The van der Waals surface area contributed by atoms with E-state index < -0.39 is 5.60 Å². The van der Waals surface area contributed by atoms with Crippen LogP contribution in [0.25, 0.3) is 0 Å². The van der Waals surface area contributed by atoms with Gasteiger partial charge in [0.05, 0.1) is 5.60 Å². The van der Waals surface area contributed by atoms with Gasteiger partial charge < -0.3 is 15.2 Å². The minimum atomic E-state index is -0.492. The molecule has 2 fully saturated rings. The molecule has 0 amide bonds. The number of nitrogens with one attached hydrogen (secondary N) is 1. The summed E-state index contributed by atoms with van der Waals surface area (Å²) >= 11 is 0. The fourth-order valence-corrected chi connectivity index (χ4v) is 1.87. The lowest BCUT2D eigenvalue weighted by Gasteiger charge is -2.35. The number of hydrogen-bond acceptors (Lipinski definition) is 3. The second kappa shape index (κ2) is 3.95. The molecule has 2 rings (SSSR count). The molecular weight excluding hydrogens is 166 g/mol. The average molecular weight is 185 g/mol. The van der Waals surface area contributed by atoms with Gasteiger partial charge >= 0.3 is 0 Å². The van der Waals surface area contributed by atoms with E-state index in [2.05, 4.69) is 5.32 Å². The summed E-state index contributed by atoms with van der Waals surface area (Å²) in [7, 11) is 0. The molecule has 1 aliphatic carbocycles. The van der Waals surface area contributed by atoms with Crippen LogP contribution < -0.4 is 5.32 Å². The molecule has 0 aromatic carbocycles. The SMILES string of the molecule is OC1(CNC2CCC2)CCOCC1. The monoisotopic (exact) mass is 185 g/mol. The predicted octanol–water partition coefficient (Wildman–Crippen LogP) is 0.670. The third-order valence-corrected chi connectivity index (χ3v) is 3.25. The largest absolute Gasteiger partial charge is 0.388 e. The molecule has 0 aromatic rings. The predicted molar refractivity (Wildman–Crippen MR) is 50.6 cm³/mol. The van der Waals surface area contributed by atoms with Crippen molar-refractivity contribution in [3.05, 3.63) is 0 Å². The van der Waals surface area contributed by atoms with Crippen molar-refractivity contribution < 1.29 is 9.84 Å². The Morgan fingerprint density at radius 2 is 2.00 bits per heavy atom. The van der Waals surface area contributed by atoms with Crippen molar-refractivity contribution in [3.8, 4) is 0 Å². The first-order valence-corrected chi connectivity index (χ1v) is 5.32. The van der Waals surface area contributed by atoms with E-state index in [1.54, 1.807) is 0 Å². The molecule has 0 bridgehead atoms. The maximum Gasteiger partial charge on any atom is 0.0815 e. The highest BCUT2D eigenvalue weighted by atomic mass is 16.5. The van der Waals surface area contributed by atoms with Crippen LogP contribution in [0.2, 0.25) is 0 Å². The maximum absolute atomic E-state index is 10.1. The molecule has 1 saturated heterocycles. The molecule has 0 atom stereocenters. The van der Waals surface area contributed by atoms with E-state index in [1.807, 2.05) is 0 Å². The number of rotatable bonds is 3. The van der Waals surface area contributed by atoms with Gasteiger partial charge in [0.1, 0.15) is 0 Å². The fourth-order valence-electron chi connectivity index (χ4n) is 1.87. The van der Waals surface area contributed by atoms with E-state index in [0.717, 1.165) is 19.4 Å². The lowest BCUT2D eigenvalue weighted by Crippen LogP contribution is -2.49. The zero-order valence-corrected chi connectivity index (χ0v) is 8.09. The van der Waals surface area contributed by atoms with Gasteiger partial charge in [-0.05, 0) is 12.8 Å². The first-order chi connectivity index (χ1) is 6.29. The highest BCUT2D eigenvalue weighted by Crippen LogP contribution is 2.22. The van der Waals surface area contributed by atoms with Crippen LogP contribution in [-0.2, 0) is 4.74 Å². The van der Waals surface area contributed by atoms with E-state index in [1.165, 1.54) is 19.3 Å². The summed E-state index contributed by atoms with van der Waals surface area (Å²) in [6.45, 7) is 2.17. The minimum absolute atomic E-state index is 0.492. The van der Waals surface area contributed by atoms with Gasteiger partial charge in [0.2, 0.25) is 0 Å². The summed E-state index contributed by atoms with van der Waals surface area (Å²) < 4.78 is 5.22. The standard InChI is InChI=1S/C10H19NO2/c12-10(4-6-13-7-5-10)8-11-9-2-1-3-9/h9,11-12H,1-8H2. The first-order valence-electron chi connectivity index (χ1n) is 5.32. The molecule has 2 aliphatic rings. The molecule has 3 heteroatoms. The summed E-state index contributed by atoms with van der Waals surface area (Å²) in [4.78, 5) is 0. The zero-order chi connectivity index (χ0) is 9.15. The van der Waals surface area contributed by atoms with Gasteiger partial charge in [-0.1, -0.05) is 6.42 Å². The molecule has 13 heavy (non-hydrogen) atoms. The summed E-state index contributed by atoms with van der Waals surface area (Å²) in [5.74, 6) is 0.